The van der Waals surface area contributed by atoms with E-state index in [0.29, 0.717) is 0 Å². The first-order chi connectivity index (χ1) is 21.4. The molecule has 0 radical (unpaired) electrons. The summed E-state index contributed by atoms with van der Waals surface area (Å²) in [5.74, 6) is 0. The molecule has 2 aromatic heterocycles. The maximum atomic E-state index is 2.45. The Balaban J connectivity index is 1.32. The minimum absolute atomic E-state index is 0.233. The van der Waals surface area contributed by atoms with Crippen molar-refractivity contribution in [1.82, 2.24) is 9.13 Å². The highest BCUT2D eigenvalue weighted by Crippen LogP contribution is 2.38. The first-order valence-corrected chi connectivity index (χ1v) is 21.3. The number of aromatic nitrogens is 2. The van der Waals surface area contributed by atoms with Crippen molar-refractivity contribution in [3.63, 3.8) is 0 Å². The van der Waals surface area contributed by atoms with Gasteiger partial charge in [0.2, 0.25) is 0 Å². The molecule has 0 saturated carbocycles. The van der Waals surface area contributed by atoms with E-state index >= 15 is 0 Å². The molecule has 0 saturated heterocycles. The third-order valence-electron chi connectivity index (χ3n) is 9.23. The molecule has 0 aliphatic rings. The lowest BCUT2D eigenvalue weighted by Crippen LogP contribution is -2.37. The van der Waals surface area contributed by atoms with Gasteiger partial charge in [0.05, 0.1) is 39.7 Å². The predicted molar refractivity (Wildman–Crippen MR) is 198 cm³/mol. The largest absolute Gasteiger partial charge is 0.309 e. The molecule has 0 atom stereocenters. The van der Waals surface area contributed by atoms with Crippen LogP contribution in [-0.4, -0.2) is 26.7 Å². The second-order valence-corrected chi connectivity index (χ2v) is 19.6. The first-order valence-electron chi connectivity index (χ1n) is 15.7. The van der Waals surface area contributed by atoms with Crippen LogP contribution in [0, 0.1) is 0 Å². The van der Waals surface area contributed by atoms with Crippen LogP contribution in [0.3, 0.4) is 0 Å². The van der Waals surface area contributed by atoms with Crippen molar-refractivity contribution in [2.75, 3.05) is 0 Å². The van der Waals surface area contributed by atoms with Gasteiger partial charge >= 0.3 is 0 Å². The second-order valence-electron chi connectivity index (χ2n) is 13.0. The summed E-state index contributed by atoms with van der Waals surface area (Å²) in [6.07, 6.45) is 0. The summed E-state index contributed by atoms with van der Waals surface area (Å²) < 4.78 is 4.88. The van der Waals surface area contributed by atoms with Crippen LogP contribution in [0.5, 0.6) is 0 Å². The predicted octanol–water partition coefficient (Wildman–Crippen LogP) is 8.94. The van der Waals surface area contributed by atoms with Crippen LogP contribution in [0.1, 0.15) is 0 Å². The van der Waals surface area contributed by atoms with Crippen molar-refractivity contribution in [1.29, 1.82) is 0 Å². The van der Waals surface area contributed by atoms with E-state index in [1.54, 1.807) is 0 Å². The molecule has 0 amide bonds. The van der Waals surface area contributed by atoms with Gasteiger partial charge in [0.15, 0.2) is 0 Å². The highest BCUT2D eigenvalue weighted by Gasteiger charge is 2.19. The van der Waals surface area contributed by atoms with Gasteiger partial charge in [-0.2, -0.15) is 0 Å². The third kappa shape index (κ3) is 4.28. The van der Waals surface area contributed by atoms with Gasteiger partial charge in [-0.05, 0) is 71.8 Å². The molecule has 4 heteroatoms. The SMILES string of the molecule is C[SiH2]c1cccc(-n2c3ccccc3c3cc(-c4ccc5c(c4)c4ccccc4n5-c4cccc([Si](C)(C)C)c4)ccc32)c1. The van der Waals surface area contributed by atoms with E-state index < -0.39 is 8.07 Å². The zero-order valence-electron chi connectivity index (χ0n) is 25.8. The van der Waals surface area contributed by atoms with Crippen LogP contribution in [0.4, 0.5) is 0 Å². The Labute approximate surface area is 262 Å². The summed E-state index contributed by atoms with van der Waals surface area (Å²) in [5, 5.41) is 8.14. The number of hydrogen-bond acceptors (Lipinski definition) is 0. The van der Waals surface area contributed by atoms with Gasteiger partial charge in [-0.15, -0.1) is 0 Å². The molecule has 0 spiro atoms. The molecular weight excluding hydrogens is 565 g/mol. The highest BCUT2D eigenvalue weighted by atomic mass is 28.3. The third-order valence-corrected chi connectivity index (χ3v) is 12.5. The summed E-state index contributed by atoms with van der Waals surface area (Å²) in [5.41, 5.74) is 10.0. The molecule has 6 aromatic carbocycles. The lowest BCUT2D eigenvalue weighted by Gasteiger charge is -2.18. The molecule has 0 fully saturated rings. The van der Waals surface area contributed by atoms with E-state index in [1.807, 2.05) is 0 Å². The van der Waals surface area contributed by atoms with Crippen molar-refractivity contribution in [2.24, 2.45) is 0 Å². The molecule has 8 rings (SSSR count). The van der Waals surface area contributed by atoms with Gasteiger partial charge in [0.1, 0.15) is 0 Å². The zero-order chi connectivity index (χ0) is 30.0. The summed E-state index contributed by atoms with van der Waals surface area (Å²) in [6.45, 7) is 9.61. The fourth-order valence-electron chi connectivity index (χ4n) is 6.89. The average molecular weight is 601 g/mol. The lowest BCUT2D eigenvalue weighted by atomic mass is 10.0. The molecule has 0 N–H and O–H groups in total. The second kappa shape index (κ2) is 10.2. The Kier molecular flexibility index (Phi) is 6.26. The Morgan fingerprint density at radius 2 is 0.955 bits per heavy atom. The zero-order valence-corrected chi connectivity index (χ0v) is 28.2. The fourth-order valence-corrected chi connectivity index (χ4v) is 8.85. The van der Waals surface area contributed by atoms with E-state index in [0.717, 1.165) is 0 Å². The Morgan fingerprint density at radius 1 is 0.455 bits per heavy atom. The van der Waals surface area contributed by atoms with Crippen LogP contribution in [0.2, 0.25) is 26.2 Å². The van der Waals surface area contributed by atoms with Crippen LogP contribution >= 0.6 is 0 Å². The number of nitrogens with zero attached hydrogens (tertiary/aromatic N) is 2. The molecule has 2 nitrogen and oxygen atoms in total. The van der Waals surface area contributed by atoms with Crippen molar-refractivity contribution in [3.8, 4) is 22.5 Å². The van der Waals surface area contributed by atoms with Gasteiger partial charge < -0.3 is 9.13 Å². The maximum Gasteiger partial charge on any atom is 0.0776 e. The molecule has 0 aliphatic heterocycles. The van der Waals surface area contributed by atoms with E-state index in [9.17, 15) is 0 Å². The smallest absolute Gasteiger partial charge is 0.0776 e. The Morgan fingerprint density at radius 3 is 1.50 bits per heavy atom. The molecule has 0 bridgehead atoms. The molecule has 44 heavy (non-hydrogen) atoms. The number of para-hydroxylation sites is 2. The summed E-state index contributed by atoms with van der Waals surface area (Å²) in [4.78, 5) is 0. The summed E-state index contributed by atoms with van der Waals surface area (Å²) in [7, 11) is -1.68. The molecule has 0 unspecified atom stereocenters. The maximum absolute atomic E-state index is 2.45. The summed E-state index contributed by atoms with van der Waals surface area (Å²) in [6, 6.07) is 50.0. The standard InChI is InChI=1S/C40H36N2Si2/c1-43-31-13-9-11-29(25-31)41-37-17-7-5-15-33(37)35-23-27(19-21-39(35)41)28-20-22-40-36(24-28)34-16-6-8-18-38(34)42(40)30-12-10-14-32(26-30)44(2,3)4/h5-26H,43H2,1-4H3. The number of fused-ring (bicyclic) bond motifs is 6. The number of rotatable bonds is 5. The molecule has 8 aromatic rings. The van der Waals surface area contributed by atoms with Gasteiger partial charge in [0, 0.05) is 32.9 Å². The van der Waals surface area contributed by atoms with E-state index in [-0.39, 0.29) is 9.52 Å². The van der Waals surface area contributed by atoms with Crippen molar-refractivity contribution in [2.45, 2.75) is 26.2 Å². The summed E-state index contributed by atoms with van der Waals surface area (Å²) >= 11 is 0. The Hall–Kier alpha value is -4.65. The van der Waals surface area contributed by atoms with Gasteiger partial charge in [-0.1, -0.05) is 109 Å². The number of benzene rings is 6. The van der Waals surface area contributed by atoms with Gasteiger partial charge in [-0.3, -0.25) is 0 Å². The number of hydrogen-bond donors (Lipinski definition) is 0. The van der Waals surface area contributed by atoms with Crippen LogP contribution in [0.25, 0.3) is 66.1 Å². The monoisotopic (exact) mass is 600 g/mol. The minimum atomic E-state index is -1.45. The van der Waals surface area contributed by atoms with Crippen molar-refractivity contribution >= 4 is 71.6 Å². The highest BCUT2D eigenvalue weighted by molar-refractivity contribution is 6.88. The quantitative estimate of drug-likeness (QED) is 0.175. The van der Waals surface area contributed by atoms with E-state index in [2.05, 4.69) is 169 Å². The Bertz CT molecular complexity index is 2370. The molecule has 2 heterocycles. The molecule has 0 aliphatic carbocycles. The topological polar surface area (TPSA) is 9.86 Å². The fraction of sp³-hybridized carbons (Fsp3) is 0.100. The van der Waals surface area contributed by atoms with Crippen molar-refractivity contribution in [3.05, 3.63) is 133 Å². The van der Waals surface area contributed by atoms with Gasteiger partial charge in [-0.25, -0.2) is 0 Å². The average Bonchev–Trinajstić information content (AvgIpc) is 3.56. The van der Waals surface area contributed by atoms with Crippen molar-refractivity contribution < 1.29 is 0 Å². The van der Waals surface area contributed by atoms with Crippen LogP contribution in [0.15, 0.2) is 133 Å². The first kappa shape index (κ1) is 26.9. The van der Waals surface area contributed by atoms with Crippen LogP contribution in [-0.2, 0) is 0 Å². The molecular formula is C40H36N2Si2. The van der Waals surface area contributed by atoms with Crippen LogP contribution < -0.4 is 10.4 Å². The van der Waals surface area contributed by atoms with E-state index in [1.165, 1.54) is 76.5 Å². The van der Waals surface area contributed by atoms with Gasteiger partial charge in [0.25, 0.3) is 0 Å². The normalized spacial score (nSPS) is 12.5. The minimum Gasteiger partial charge on any atom is -0.309 e. The van der Waals surface area contributed by atoms with E-state index in [4.69, 9.17) is 0 Å². The lowest BCUT2D eigenvalue weighted by molar-refractivity contribution is 1.18. The molecule has 214 valence electrons.